The quantitative estimate of drug-likeness (QED) is 0.213. The second-order valence-corrected chi connectivity index (χ2v) is 25.8. The summed E-state index contributed by atoms with van der Waals surface area (Å²) in [6.45, 7) is 31.7. The molecule has 0 radical (unpaired) electrons. The van der Waals surface area contributed by atoms with E-state index in [9.17, 15) is 14.7 Å². The molecule has 1 aliphatic rings. The van der Waals surface area contributed by atoms with Crippen molar-refractivity contribution in [1.29, 1.82) is 0 Å². The van der Waals surface area contributed by atoms with Gasteiger partial charge in [-0.05, 0) is 79.9 Å². The fraction of sp³-hybridized carbons (Fsp3) is 0.657. The number of allylic oxidation sites excluding steroid dienone is 4. The first kappa shape index (κ1) is 37.4. The van der Waals surface area contributed by atoms with Gasteiger partial charge in [0.2, 0.25) is 0 Å². The lowest BCUT2D eigenvalue weighted by Crippen LogP contribution is -2.45. The Hall–Kier alpha value is -1.84. The normalized spacial score (nSPS) is 22.7. The van der Waals surface area contributed by atoms with Crippen molar-refractivity contribution in [3.63, 3.8) is 0 Å². The molecule has 0 bridgehead atoms. The third-order valence-corrected chi connectivity index (χ3v) is 20.0. The van der Waals surface area contributed by atoms with Crippen LogP contribution in [0.15, 0.2) is 23.8 Å². The van der Waals surface area contributed by atoms with Crippen LogP contribution < -0.4 is 8.85 Å². The molecular formula is C35H57ClO5Si2. The standard InChI is InChI=1S/C35H57ClO5Si2/c1-22(20-21-35(11)23(2)17-19-27(37)25(35)4)16-18-26-30(40-42(12,13)33(5,6)7)28(32(38)39)24(3)29(36)31(26)41-43(14,15)34(8,9)10/h16,20-21,23,25H,17-19H2,1-15H3,(H,38,39)/b21-20+,22-16+. The molecular weight excluding hydrogens is 592 g/mol. The SMILES string of the molecule is CC(/C=C/C1(C)C(C)CCC(=O)C1C)=C\Cc1c(O[Si](C)(C)C(C)(C)C)c(Cl)c(C)c(C(=O)O)c1O[Si](C)(C)C(C)(C)C. The van der Waals surface area contributed by atoms with Crippen molar-refractivity contribution in [2.24, 2.45) is 17.3 Å². The summed E-state index contributed by atoms with van der Waals surface area (Å²) >= 11 is 7.00. The number of ketones is 1. The van der Waals surface area contributed by atoms with Crippen LogP contribution >= 0.6 is 11.6 Å². The van der Waals surface area contributed by atoms with Gasteiger partial charge in [-0.3, -0.25) is 4.79 Å². The van der Waals surface area contributed by atoms with Crippen LogP contribution in [0.3, 0.4) is 0 Å². The lowest BCUT2D eigenvalue weighted by atomic mass is 9.61. The zero-order chi connectivity index (χ0) is 33.5. The predicted molar refractivity (Wildman–Crippen MR) is 186 cm³/mol. The van der Waals surface area contributed by atoms with E-state index in [1.807, 2.05) is 13.8 Å². The maximum Gasteiger partial charge on any atom is 0.339 e. The zero-order valence-corrected chi connectivity index (χ0v) is 32.2. The van der Waals surface area contributed by atoms with Crippen molar-refractivity contribution in [1.82, 2.24) is 0 Å². The first-order valence-corrected chi connectivity index (χ1v) is 21.8. The third-order valence-electron chi connectivity index (χ3n) is 10.9. The number of carboxylic acid groups (broad SMARTS) is 1. The summed E-state index contributed by atoms with van der Waals surface area (Å²) in [4.78, 5) is 25.3. The van der Waals surface area contributed by atoms with E-state index in [-0.39, 0.29) is 27.0 Å². The van der Waals surface area contributed by atoms with Crippen LogP contribution in [-0.2, 0) is 11.2 Å². The van der Waals surface area contributed by atoms with Crippen molar-refractivity contribution in [2.75, 3.05) is 0 Å². The van der Waals surface area contributed by atoms with Crippen LogP contribution in [0.2, 0.25) is 41.3 Å². The first-order valence-electron chi connectivity index (χ1n) is 15.6. The maximum atomic E-state index is 12.8. The van der Waals surface area contributed by atoms with E-state index < -0.39 is 22.6 Å². The van der Waals surface area contributed by atoms with Crippen LogP contribution in [0.1, 0.15) is 104 Å². The number of carbonyl (C=O) groups excluding carboxylic acids is 1. The number of halogens is 1. The summed E-state index contributed by atoms with van der Waals surface area (Å²) in [5, 5.41) is 10.5. The van der Waals surface area contributed by atoms with Gasteiger partial charge in [0.05, 0.1) is 5.02 Å². The fourth-order valence-corrected chi connectivity index (χ4v) is 7.32. The third kappa shape index (κ3) is 7.88. The van der Waals surface area contributed by atoms with E-state index in [0.717, 1.165) is 12.0 Å². The molecule has 1 aromatic rings. The molecule has 0 spiro atoms. The minimum Gasteiger partial charge on any atom is -0.543 e. The molecule has 43 heavy (non-hydrogen) atoms. The number of hydrogen-bond donors (Lipinski definition) is 1. The molecule has 3 atom stereocenters. The van der Waals surface area contributed by atoms with Crippen LogP contribution in [0, 0.1) is 24.2 Å². The number of benzene rings is 1. The van der Waals surface area contributed by atoms with Gasteiger partial charge in [0.15, 0.2) is 0 Å². The lowest BCUT2D eigenvalue weighted by molar-refractivity contribution is -0.129. The maximum absolute atomic E-state index is 12.8. The smallest absolute Gasteiger partial charge is 0.339 e. The molecule has 0 saturated heterocycles. The highest BCUT2D eigenvalue weighted by atomic mass is 35.5. The topological polar surface area (TPSA) is 72.8 Å². The second-order valence-electron chi connectivity index (χ2n) is 16.0. The zero-order valence-electron chi connectivity index (χ0n) is 29.5. The molecule has 2 rings (SSSR count). The highest BCUT2D eigenvalue weighted by molar-refractivity contribution is 6.75. The van der Waals surface area contributed by atoms with Gasteiger partial charge in [0, 0.05) is 17.9 Å². The van der Waals surface area contributed by atoms with E-state index in [2.05, 4.69) is 99.8 Å². The highest BCUT2D eigenvalue weighted by Crippen LogP contribution is 2.49. The largest absolute Gasteiger partial charge is 0.543 e. The summed E-state index contributed by atoms with van der Waals surface area (Å²) in [5.74, 6) is 0.518. The number of rotatable bonds is 9. The van der Waals surface area contributed by atoms with E-state index in [0.29, 0.717) is 52.2 Å². The van der Waals surface area contributed by atoms with Gasteiger partial charge in [0.25, 0.3) is 16.6 Å². The van der Waals surface area contributed by atoms with Crippen LogP contribution in [-0.4, -0.2) is 33.5 Å². The number of aromatic carboxylic acids is 1. The lowest BCUT2D eigenvalue weighted by Gasteiger charge is -2.42. The molecule has 1 fully saturated rings. The summed E-state index contributed by atoms with van der Waals surface area (Å²) in [5.41, 5.74) is 2.03. The molecule has 0 amide bonds. The number of Topliss-reactive ketones (excluding diaryl/α,β-unsaturated/α-hetero) is 1. The molecule has 1 aliphatic carbocycles. The Morgan fingerprint density at radius 3 is 1.98 bits per heavy atom. The Morgan fingerprint density at radius 1 is 1.02 bits per heavy atom. The van der Waals surface area contributed by atoms with Crippen molar-refractivity contribution < 1.29 is 23.5 Å². The van der Waals surface area contributed by atoms with Crippen LogP contribution in [0.5, 0.6) is 11.5 Å². The molecule has 0 aliphatic heterocycles. The van der Waals surface area contributed by atoms with Crippen molar-refractivity contribution >= 4 is 40.0 Å². The number of carboxylic acids is 1. The molecule has 1 aromatic carbocycles. The first-order chi connectivity index (χ1) is 19.3. The Labute approximate surface area is 268 Å². The summed E-state index contributed by atoms with van der Waals surface area (Å²) in [7, 11) is -4.82. The highest BCUT2D eigenvalue weighted by Gasteiger charge is 2.44. The van der Waals surface area contributed by atoms with Gasteiger partial charge in [-0.1, -0.05) is 97.7 Å². The molecule has 5 nitrogen and oxygen atoms in total. The second kappa shape index (κ2) is 12.9. The number of carbonyl (C=O) groups is 2. The van der Waals surface area contributed by atoms with Gasteiger partial charge in [0.1, 0.15) is 22.8 Å². The van der Waals surface area contributed by atoms with Gasteiger partial charge in [-0.2, -0.15) is 0 Å². The van der Waals surface area contributed by atoms with E-state index in [1.165, 1.54) is 0 Å². The van der Waals surface area contributed by atoms with Crippen molar-refractivity contribution in [3.8, 4) is 11.5 Å². The average molecular weight is 649 g/mol. The van der Waals surface area contributed by atoms with Gasteiger partial charge < -0.3 is 14.0 Å². The van der Waals surface area contributed by atoms with E-state index >= 15 is 0 Å². The van der Waals surface area contributed by atoms with E-state index in [1.54, 1.807) is 6.92 Å². The van der Waals surface area contributed by atoms with Gasteiger partial charge >= 0.3 is 5.97 Å². The number of hydrogen-bond acceptors (Lipinski definition) is 4. The molecule has 8 heteroatoms. The minimum absolute atomic E-state index is 0.0384. The Kier molecular flexibility index (Phi) is 11.2. The average Bonchev–Trinajstić information content (AvgIpc) is 2.85. The van der Waals surface area contributed by atoms with Crippen LogP contribution in [0.25, 0.3) is 0 Å². The van der Waals surface area contributed by atoms with Crippen LogP contribution in [0.4, 0.5) is 0 Å². The van der Waals surface area contributed by atoms with E-state index in [4.69, 9.17) is 20.5 Å². The molecule has 0 heterocycles. The van der Waals surface area contributed by atoms with Crippen molar-refractivity contribution in [2.45, 2.75) is 132 Å². The summed E-state index contributed by atoms with van der Waals surface area (Å²) < 4.78 is 13.8. The summed E-state index contributed by atoms with van der Waals surface area (Å²) in [6.07, 6.45) is 8.32. The molecule has 0 aromatic heterocycles. The Balaban J connectivity index is 2.80. The monoisotopic (exact) mass is 648 g/mol. The summed E-state index contributed by atoms with van der Waals surface area (Å²) in [6, 6.07) is 0. The molecule has 1 saturated carbocycles. The minimum atomic E-state index is -2.46. The molecule has 242 valence electrons. The Morgan fingerprint density at radius 2 is 1.51 bits per heavy atom. The molecule has 1 N–H and O–H groups in total. The Bertz CT molecular complexity index is 1300. The molecule has 3 unspecified atom stereocenters. The fourth-order valence-electron chi connectivity index (χ4n) is 4.93. The van der Waals surface area contributed by atoms with Crippen molar-refractivity contribution in [3.05, 3.63) is 45.5 Å². The van der Waals surface area contributed by atoms with Gasteiger partial charge in [-0.15, -0.1) is 0 Å². The predicted octanol–water partition coefficient (Wildman–Crippen LogP) is 10.8. The van der Waals surface area contributed by atoms with Gasteiger partial charge in [-0.25, -0.2) is 4.79 Å².